The lowest BCUT2D eigenvalue weighted by atomic mass is 9.91. The molecule has 5 aromatic rings. The molecule has 0 spiro atoms. The Labute approximate surface area is 223 Å². The maximum absolute atomic E-state index is 6.15. The maximum Gasteiger partial charge on any atom is 0.302 e. The summed E-state index contributed by atoms with van der Waals surface area (Å²) in [6.07, 6.45) is -0.532. The molecule has 6 rings (SSSR count). The molecule has 0 fully saturated rings. The number of anilines is 1. The Hall–Kier alpha value is -4.32. The first-order valence-corrected chi connectivity index (χ1v) is 13.0. The highest BCUT2D eigenvalue weighted by molar-refractivity contribution is 5.95. The number of rotatable bonds is 9. The summed E-state index contributed by atoms with van der Waals surface area (Å²) in [4.78, 5) is 0. The van der Waals surface area contributed by atoms with Gasteiger partial charge < -0.3 is 20.5 Å². The molecule has 5 heteroatoms. The fourth-order valence-corrected chi connectivity index (χ4v) is 5.11. The van der Waals surface area contributed by atoms with Crippen LogP contribution in [0.4, 0.5) is 5.69 Å². The smallest absolute Gasteiger partial charge is 0.302 e. The third kappa shape index (κ3) is 5.07. The van der Waals surface area contributed by atoms with Gasteiger partial charge in [-0.05, 0) is 45.8 Å². The first-order chi connectivity index (χ1) is 18.8. The second-order valence-corrected chi connectivity index (χ2v) is 9.51. The van der Waals surface area contributed by atoms with Gasteiger partial charge >= 0.3 is 6.41 Å². The number of hydrogen-bond acceptors (Lipinski definition) is 5. The van der Waals surface area contributed by atoms with Crippen LogP contribution in [0.15, 0.2) is 115 Å². The summed E-state index contributed by atoms with van der Waals surface area (Å²) >= 11 is 0. The van der Waals surface area contributed by atoms with Crippen LogP contribution in [0.25, 0.3) is 10.8 Å². The van der Waals surface area contributed by atoms with Gasteiger partial charge in [-0.1, -0.05) is 97.1 Å². The molecule has 0 saturated carbocycles. The van der Waals surface area contributed by atoms with Gasteiger partial charge in [0, 0.05) is 36.6 Å². The van der Waals surface area contributed by atoms with Crippen molar-refractivity contribution in [2.45, 2.75) is 25.4 Å². The van der Waals surface area contributed by atoms with Crippen molar-refractivity contribution >= 4 is 16.5 Å². The Morgan fingerprint density at radius 3 is 2.11 bits per heavy atom. The van der Waals surface area contributed by atoms with Crippen molar-refractivity contribution in [1.82, 2.24) is 5.32 Å². The van der Waals surface area contributed by atoms with Crippen LogP contribution in [0, 0.1) is 0 Å². The molecule has 1 aliphatic heterocycles. The summed E-state index contributed by atoms with van der Waals surface area (Å²) in [6, 6.07) is 39.7. The van der Waals surface area contributed by atoms with Crippen LogP contribution in [0.5, 0.6) is 11.5 Å². The maximum atomic E-state index is 6.15. The van der Waals surface area contributed by atoms with E-state index in [1.54, 1.807) is 0 Å². The van der Waals surface area contributed by atoms with Gasteiger partial charge in [-0.2, -0.15) is 0 Å². The first kappa shape index (κ1) is 24.0. The van der Waals surface area contributed by atoms with Crippen LogP contribution >= 0.6 is 0 Å². The first-order valence-electron chi connectivity index (χ1n) is 13.0. The number of nitrogens with one attached hydrogen (secondary N) is 2. The van der Waals surface area contributed by atoms with E-state index >= 15 is 0 Å². The van der Waals surface area contributed by atoms with E-state index in [2.05, 4.69) is 102 Å². The zero-order valence-electron chi connectivity index (χ0n) is 21.1. The summed E-state index contributed by atoms with van der Waals surface area (Å²) in [5.41, 5.74) is 11.8. The van der Waals surface area contributed by atoms with E-state index < -0.39 is 6.41 Å². The molecule has 1 aliphatic rings. The predicted molar refractivity (Wildman–Crippen MR) is 153 cm³/mol. The summed E-state index contributed by atoms with van der Waals surface area (Å²) in [6.45, 7) is 1.88. The van der Waals surface area contributed by atoms with Crippen molar-refractivity contribution in [1.29, 1.82) is 0 Å². The third-order valence-electron chi connectivity index (χ3n) is 7.08. The second kappa shape index (κ2) is 11.0. The average molecular weight is 502 g/mol. The van der Waals surface area contributed by atoms with Crippen molar-refractivity contribution in [2.24, 2.45) is 5.73 Å². The minimum absolute atomic E-state index is 0.188. The fraction of sp³-hybridized carbons (Fsp3) is 0.152. The topological polar surface area (TPSA) is 68.5 Å². The minimum Gasteiger partial charge on any atom is -0.438 e. The zero-order valence-corrected chi connectivity index (χ0v) is 21.1. The van der Waals surface area contributed by atoms with E-state index in [0.717, 1.165) is 28.3 Å². The molecule has 0 aromatic heterocycles. The molecule has 0 amide bonds. The molecule has 38 heavy (non-hydrogen) atoms. The highest BCUT2D eigenvalue weighted by atomic mass is 16.7. The predicted octanol–water partition coefficient (Wildman–Crippen LogP) is 6.39. The highest BCUT2D eigenvalue weighted by Crippen LogP contribution is 2.36. The van der Waals surface area contributed by atoms with Gasteiger partial charge in [-0.3, -0.25) is 0 Å². The van der Waals surface area contributed by atoms with Crippen molar-refractivity contribution in [3.63, 3.8) is 0 Å². The normalized spacial score (nSPS) is 14.2. The van der Waals surface area contributed by atoms with E-state index in [1.807, 2.05) is 24.3 Å². The molecule has 4 N–H and O–H groups in total. The molecule has 1 unspecified atom stereocenters. The SMILES string of the molecule is NCc1cccc2c(NCc3ccc4c(c3)OC(NCC(c3ccccc3)c3ccccc3)O4)cccc12. The number of benzene rings is 5. The van der Waals surface area contributed by atoms with Gasteiger partial charge in [-0.15, -0.1) is 0 Å². The van der Waals surface area contributed by atoms with Crippen LogP contribution in [0.1, 0.15) is 28.2 Å². The number of fused-ring (bicyclic) bond motifs is 2. The van der Waals surface area contributed by atoms with E-state index in [4.69, 9.17) is 15.2 Å². The highest BCUT2D eigenvalue weighted by Gasteiger charge is 2.25. The van der Waals surface area contributed by atoms with Crippen molar-refractivity contribution in [3.05, 3.63) is 138 Å². The van der Waals surface area contributed by atoms with Crippen molar-refractivity contribution in [3.8, 4) is 11.5 Å². The lowest BCUT2D eigenvalue weighted by Gasteiger charge is -2.21. The molecule has 0 radical (unpaired) electrons. The molecular weight excluding hydrogens is 470 g/mol. The molecule has 1 atom stereocenters. The average Bonchev–Trinajstić information content (AvgIpc) is 3.39. The van der Waals surface area contributed by atoms with Crippen LogP contribution in [-0.2, 0) is 13.1 Å². The molecule has 0 aliphatic carbocycles. The van der Waals surface area contributed by atoms with E-state index in [0.29, 0.717) is 19.6 Å². The lowest BCUT2D eigenvalue weighted by molar-refractivity contribution is 0.0179. The monoisotopic (exact) mass is 501 g/mol. The van der Waals surface area contributed by atoms with Crippen LogP contribution < -0.4 is 25.8 Å². The Balaban J connectivity index is 1.12. The molecular formula is C33H31N3O2. The van der Waals surface area contributed by atoms with E-state index in [1.165, 1.54) is 21.9 Å². The lowest BCUT2D eigenvalue weighted by Crippen LogP contribution is -2.39. The van der Waals surface area contributed by atoms with Gasteiger partial charge in [0.2, 0.25) is 0 Å². The number of ether oxygens (including phenoxy) is 2. The van der Waals surface area contributed by atoms with Gasteiger partial charge in [0.1, 0.15) is 0 Å². The Bertz CT molecular complexity index is 1480. The number of nitrogens with two attached hydrogens (primary N) is 1. The summed E-state index contributed by atoms with van der Waals surface area (Å²) in [7, 11) is 0. The van der Waals surface area contributed by atoms with Crippen LogP contribution in [-0.4, -0.2) is 13.0 Å². The van der Waals surface area contributed by atoms with Gasteiger partial charge in [0.05, 0.1) is 0 Å². The molecule has 0 bridgehead atoms. The van der Waals surface area contributed by atoms with Gasteiger partial charge in [0.25, 0.3) is 0 Å². The quantitative estimate of drug-likeness (QED) is 0.218. The minimum atomic E-state index is -0.532. The van der Waals surface area contributed by atoms with Crippen molar-refractivity contribution < 1.29 is 9.47 Å². The second-order valence-electron chi connectivity index (χ2n) is 9.51. The van der Waals surface area contributed by atoms with Gasteiger partial charge in [0.15, 0.2) is 11.5 Å². The summed E-state index contributed by atoms with van der Waals surface area (Å²) in [5, 5.41) is 9.40. The number of hydrogen-bond donors (Lipinski definition) is 3. The van der Waals surface area contributed by atoms with Crippen molar-refractivity contribution in [2.75, 3.05) is 11.9 Å². The molecule has 1 heterocycles. The summed E-state index contributed by atoms with van der Waals surface area (Å²) < 4.78 is 12.2. The van der Waals surface area contributed by atoms with E-state index in [9.17, 15) is 0 Å². The third-order valence-corrected chi connectivity index (χ3v) is 7.08. The summed E-state index contributed by atoms with van der Waals surface area (Å²) in [5.74, 6) is 1.69. The molecule has 190 valence electrons. The van der Waals surface area contributed by atoms with Crippen LogP contribution in [0.3, 0.4) is 0 Å². The Morgan fingerprint density at radius 2 is 1.37 bits per heavy atom. The molecule has 5 aromatic carbocycles. The standard InChI is InChI=1S/C33H31N3O2/c34-20-26-13-7-15-28-27(26)14-8-16-30(28)35-21-23-17-18-31-32(19-23)38-33(37-31)36-22-29(24-9-3-1-4-10-24)25-11-5-2-6-12-25/h1-19,29,33,35-36H,20-22,34H2. The fourth-order valence-electron chi connectivity index (χ4n) is 5.11. The van der Waals surface area contributed by atoms with E-state index in [-0.39, 0.29) is 5.92 Å². The molecule has 5 nitrogen and oxygen atoms in total. The zero-order chi connectivity index (χ0) is 25.7. The Kier molecular flexibility index (Phi) is 6.94. The van der Waals surface area contributed by atoms with Gasteiger partial charge in [-0.25, -0.2) is 5.32 Å². The molecule has 0 saturated heterocycles. The Morgan fingerprint density at radius 1 is 0.684 bits per heavy atom. The largest absolute Gasteiger partial charge is 0.438 e. The van der Waals surface area contributed by atoms with Crippen LogP contribution in [0.2, 0.25) is 0 Å².